The molecule has 0 saturated heterocycles. The topological polar surface area (TPSA) is 86.2 Å². The van der Waals surface area contributed by atoms with Crippen LogP contribution in [0, 0.1) is 5.82 Å². The number of benzene rings is 2. The van der Waals surface area contributed by atoms with E-state index < -0.39 is 10.0 Å². The first-order valence-corrected chi connectivity index (χ1v) is 8.82. The number of aromatic nitrogens is 1. The van der Waals surface area contributed by atoms with Crippen LogP contribution in [0.25, 0.3) is 22.6 Å². The number of hydrogen-bond acceptors (Lipinski definition) is 4. The minimum atomic E-state index is -3.76. The molecule has 0 spiro atoms. The first-order chi connectivity index (χ1) is 11.4. The third-order valence-corrected chi connectivity index (χ3v) is 4.45. The van der Waals surface area contributed by atoms with Gasteiger partial charge >= 0.3 is 0 Å². The molecule has 0 fully saturated rings. The third-order valence-electron chi connectivity index (χ3n) is 3.52. The first-order valence-electron chi connectivity index (χ1n) is 7.27. The average Bonchev–Trinajstić information content (AvgIpc) is 2.98. The molecule has 0 bridgehead atoms. The van der Waals surface area contributed by atoms with Crippen molar-refractivity contribution in [2.75, 3.05) is 0 Å². The fourth-order valence-electron chi connectivity index (χ4n) is 2.34. The molecule has 3 aromatic rings. The van der Waals surface area contributed by atoms with Crippen molar-refractivity contribution in [2.45, 2.75) is 18.2 Å². The molecular formula is C17H15FN2O3S. The van der Waals surface area contributed by atoms with Gasteiger partial charge in [-0.2, -0.15) is 0 Å². The van der Waals surface area contributed by atoms with Crippen molar-refractivity contribution >= 4 is 10.0 Å². The van der Waals surface area contributed by atoms with Crippen molar-refractivity contribution in [3.05, 3.63) is 60.2 Å². The van der Waals surface area contributed by atoms with Gasteiger partial charge in [-0.3, -0.25) is 0 Å². The Labute approximate surface area is 139 Å². The van der Waals surface area contributed by atoms with Gasteiger partial charge in [-0.05, 0) is 36.4 Å². The molecule has 0 radical (unpaired) electrons. The lowest BCUT2D eigenvalue weighted by molar-refractivity contribution is 0.514. The fraction of sp³-hybridized carbons (Fsp3) is 0.118. The Balaban J connectivity index is 2.12. The molecular weight excluding hydrogens is 331 g/mol. The second kappa shape index (κ2) is 6.18. The van der Waals surface area contributed by atoms with Crippen LogP contribution in [0.1, 0.15) is 12.8 Å². The molecule has 124 valence electrons. The van der Waals surface area contributed by atoms with Crippen LogP contribution in [0.4, 0.5) is 4.39 Å². The van der Waals surface area contributed by atoms with E-state index in [1.807, 2.05) is 6.92 Å². The van der Waals surface area contributed by atoms with Gasteiger partial charge in [0.25, 0.3) is 0 Å². The summed E-state index contributed by atoms with van der Waals surface area (Å²) in [6, 6.07) is 12.0. The lowest BCUT2D eigenvalue weighted by Gasteiger charge is -2.03. The number of nitrogens with zero attached hydrogens (tertiary/aromatic N) is 1. The molecule has 2 N–H and O–H groups in total. The van der Waals surface area contributed by atoms with Crippen molar-refractivity contribution in [2.24, 2.45) is 5.14 Å². The fourth-order valence-corrected chi connectivity index (χ4v) is 2.85. The van der Waals surface area contributed by atoms with E-state index in [1.165, 1.54) is 24.3 Å². The van der Waals surface area contributed by atoms with Crippen LogP contribution < -0.4 is 5.14 Å². The van der Waals surface area contributed by atoms with E-state index >= 15 is 0 Å². The Kier molecular flexibility index (Phi) is 4.21. The highest BCUT2D eigenvalue weighted by molar-refractivity contribution is 7.89. The lowest BCUT2D eigenvalue weighted by Crippen LogP contribution is -2.11. The lowest BCUT2D eigenvalue weighted by atomic mass is 10.1. The number of sulfonamides is 1. The number of rotatable bonds is 4. The second-order valence-corrected chi connectivity index (χ2v) is 6.78. The van der Waals surface area contributed by atoms with Gasteiger partial charge in [0.05, 0.1) is 4.90 Å². The summed E-state index contributed by atoms with van der Waals surface area (Å²) in [6.45, 7) is 1.90. The third kappa shape index (κ3) is 3.22. The smallest absolute Gasteiger partial charge is 0.238 e. The zero-order valence-corrected chi connectivity index (χ0v) is 13.7. The van der Waals surface area contributed by atoms with Crippen molar-refractivity contribution in [3.63, 3.8) is 0 Å². The predicted octanol–water partition coefficient (Wildman–Crippen LogP) is 3.36. The maximum Gasteiger partial charge on any atom is 0.238 e. The normalized spacial score (nSPS) is 11.6. The summed E-state index contributed by atoms with van der Waals surface area (Å²) in [4.78, 5) is 4.42. The summed E-state index contributed by atoms with van der Waals surface area (Å²) in [5.74, 6) is 0.599. The molecule has 0 unspecified atom stereocenters. The minimum Gasteiger partial charge on any atom is -0.440 e. The van der Waals surface area contributed by atoms with E-state index in [9.17, 15) is 12.8 Å². The molecule has 0 aliphatic heterocycles. The van der Waals surface area contributed by atoms with E-state index in [0.717, 1.165) is 0 Å². The summed E-state index contributed by atoms with van der Waals surface area (Å²) in [5.41, 5.74) is 1.73. The molecule has 0 amide bonds. The molecule has 1 heterocycles. The van der Waals surface area contributed by atoms with E-state index in [0.29, 0.717) is 34.9 Å². The molecule has 7 heteroatoms. The average molecular weight is 346 g/mol. The number of oxazole rings is 1. The van der Waals surface area contributed by atoms with Gasteiger partial charge in [-0.15, -0.1) is 0 Å². The number of primary sulfonamides is 1. The van der Waals surface area contributed by atoms with Crippen LogP contribution in [-0.2, 0) is 16.4 Å². The summed E-state index contributed by atoms with van der Waals surface area (Å²) in [5, 5.41) is 5.10. The molecule has 0 atom stereocenters. The molecule has 0 saturated carbocycles. The van der Waals surface area contributed by atoms with Gasteiger partial charge in [0.15, 0.2) is 11.7 Å². The zero-order valence-electron chi connectivity index (χ0n) is 12.9. The summed E-state index contributed by atoms with van der Waals surface area (Å²) >= 11 is 0. The van der Waals surface area contributed by atoms with Crippen molar-refractivity contribution in [1.29, 1.82) is 0 Å². The van der Waals surface area contributed by atoms with E-state index in [-0.39, 0.29) is 10.7 Å². The first kappa shape index (κ1) is 16.4. The standard InChI is InChI=1S/C17H15FN2O3S/c1-2-15-20-16(12-4-3-5-13(18)10-12)17(23-15)11-6-8-14(9-7-11)24(19,21)22/h3-10H,2H2,1H3,(H2,19,21,22). The number of hydrogen-bond donors (Lipinski definition) is 1. The van der Waals surface area contributed by atoms with Crippen molar-refractivity contribution in [3.8, 4) is 22.6 Å². The number of halogens is 1. The molecule has 3 rings (SSSR count). The highest BCUT2D eigenvalue weighted by atomic mass is 32.2. The van der Waals surface area contributed by atoms with E-state index in [4.69, 9.17) is 9.56 Å². The largest absolute Gasteiger partial charge is 0.440 e. The molecule has 0 aliphatic rings. The Hall–Kier alpha value is -2.51. The zero-order chi connectivity index (χ0) is 17.3. The van der Waals surface area contributed by atoms with Crippen molar-refractivity contribution < 1.29 is 17.2 Å². The Morgan fingerprint density at radius 2 is 1.83 bits per heavy atom. The highest BCUT2D eigenvalue weighted by Crippen LogP contribution is 2.33. The number of nitrogens with two attached hydrogens (primary N) is 1. The van der Waals surface area contributed by atoms with Gasteiger partial charge in [-0.25, -0.2) is 22.9 Å². The highest BCUT2D eigenvalue weighted by Gasteiger charge is 2.17. The molecule has 24 heavy (non-hydrogen) atoms. The summed E-state index contributed by atoms with van der Waals surface area (Å²) < 4.78 is 42.0. The van der Waals surface area contributed by atoms with Crippen LogP contribution in [0.15, 0.2) is 57.8 Å². The van der Waals surface area contributed by atoms with E-state index in [1.54, 1.807) is 24.3 Å². The van der Waals surface area contributed by atoms with Crippen molar-refractivity contribution in [1.82, 2.24) is 4.98 Å². The molecule has 0 aliphatic carbocycles. The van der Waals surface area contributed by atoms with Crippen LogP contribution in [0.3, 0.4) is 0 Å². The number of aryl methyl sites for hydroxylation is 1. The van der Waals surface area contributed by atoms with Crippen LogP contribution in [0.5, 0.6) is 0 Å². The van der Waals surface area contributed by atoms with Gasteiger partial charge in [0, 0.05) is 17.5 Å². The molecule has 1 aromatic heterocycles. The summed E-state index contributed by atoms with van der Waals surface area (Å²) in [7, 11) is -3.76. The SMILES string of the molecule is CCc1nc(-c2cccc(F)c2)c(-c2ccc(S(N)(=O)=O)cc2)o1. The Morgan fingerprint density at radius 1 is 1.12 bits per heavy atom. The molecule has 5 nitrogen and oxygen atoms in total. The predicted molar refractivity (Wildman–Crippen MR) is 88.1 cm³/mol. The maximum atomic E-state index is 13.5. The summed E-state index contributed by atoms with van der Waals surface area (Å²) in [6.07, 6.45) is 0.581. The Bertz CT molecular complexity index is 979. The van der Waals surface area contributed by atoms with Gasteiger partial charge in [0.2, 0.25) is 10.0 Å². The minimum absolute atomic E-state index is 0.00814. The monoisotopic (exact) mass is 346 g/mol. The van der Waals surface area contributed by atoms with Gasteiger partial charge < -0.3 is 4.42 Å². The van der Waals surface area contributed by atoms with Crippen LogP contribution in [-0.4, -0.2) is 13.4 Å². The van der Waals surface area contributed by atoms with E-state index in [2.05, 4.69) is 4.98 Å². The second-order valence-electron chi connectivity index (χ2n) is 5.22. The molecule has 2 aromatic carbocycles. The maximum absolute atomic E-state index is 13.5. The quantitative estimate of drug-likeness (QED) is 0.785. The van der Waals surface area contributed by atoms with Crippen LogP contribution >= 0.6 is 0 Å². The Morgan fingerprint density at radius 3 is 2.42 bits per heavy atom. The van der Waals surface area contributed by atoms with Crippen LogP contribution in [0.2, 0.25) is 0 Å². The van der Waals surface area contributed by atoms with Gasteiger partial charge in [-0.1, -0.05) is 19.1 Å². The van der Waals surface area contributed by atoms with Gasteiger partial charge in [0.1, 0.15) is 11.5 Å².